The van der Waals surface area contributed by atoms with Crippen LogP contribution in [0.5, 0.6) is 0 Å². The minimum absolute atomic E-state index is 0. The van der Waals surface area contributed by atoms with Crippen molar-refractivity contribution in [1.29, 1.82) is 0 Å². The van der Waals surface area contributed by atoms with Gasteiger partial charge in [0.05, 0.1) is 52.2 Å². The molecular formula is C62H72Cl2N6O7S3Si2. The molecule has 6 heterocycles. The Labute approximate surface area is 511 Å². The number of aliphatic hydroxyl groups is 1. The SMILES string of the molecule is CC(C)(C)[Si](C)(C)O[C@@H]1C=C[C@@H](O)C1.CC(C)(C)[Si](C)(C)O[C@@H]1C=C[C@H](n2c(Cl)c(C3=C(c4c[nH]c5ccccc45)C(=O)NC3=O)c3ccccc32)C1.O=C1NC(=O)C(c2c(Cl)[nH]c3ccccc23)=C1c1c[nH]c2ccccc12.S.S.S. The third-order valence-corrected chi connectivity index (χ3v) is 26.1. The second-order valence-electron chi connectivity index (χ2n) is 23.7. The van der Waals surface area contributed by atoms with Gasteiger partial charge in [-0.2, -0.15) is 40.5 Å². The molecule has 82 heavy (non-hydrogen) atoms. The summed E-state index contributed by atoms with van der Waals surface area (Å²) in [5.41, 5.74) is 7.27. The summed E-state index contributed by atoms with van der Waals surface area (Å²) >= 11 is 13.6. The fourth-order valence-electron chi connectivity index (χ4n) is 10.4. The maximum absolute atomic E-state index is 13.4. The number of fused-ring (bicyclic) bond motifs is 4. The lowest BCUT2D eigenvalue weighted by Crippen LogP contribution is -2.43. The molecule has 0 fully saturated rings. The van der Waals surface area contributed by atoms with Crippen LogP contribution < -0.4 is 10.6 Å². The normalized spacial score (nSPS) is 19.1. The molecule has 0 unspecified atom stereocenters. The highest BCUT2D eigenvalue weighted by Gasteiger charge is 2.43. The smallest absolute Gasteiger partial charge is 0.259 e. The highest BCUT2D eigenvalue weighted by Crippen LogP contribution is 2.47. The van der Waals surface area contributed by atoms with Gasteiger partial charge in [0.25, 0.3) is 23.6 Å². The number of rotatable bonds is 9. The van der Waals surface area contributed by atoms with Crippen LogP contribution in [0.2, 0.25) is 46.6 Å². The Balaban J connectivity index is 0.000000194. The number of aliphatic hydroxyl groups excluding tert-OH is 1. The maximum Gasteiger partial charge on any atom is 0.259 e. The van der Waals surface area contributed by atoms with Gasteiger partial charge in [0.1, 0.15) is 10.3 Å². The first-order valence-electron chi connectivity index (χ1n) is 26.6. The highest BCUT2D eigenvalue weighted by molar-refractivity contribution is 7.59. The summed E-state index contributed by atoms with van der Waals surface area (Å²) in [7, 11) is -3.62. The summed E-state index contributed by atoms with van der Waals surface area (Å²) in [6.07, 6.45) is 12.9. The van der Waals surface area contributed by atoms with Crippen LogP contribution in [0.15, 0.2) is 134 Å². The van der Waals surface area contributed by atoms with E-state index in [0.717, 1.165) is 56.5 Å². The van der Waals surface area contributed by atoms with Crippen LogP contribution in [0.1, 0.15) is 82.7 Å². The molecule has 4 aromatic carbocycles. The molecule has 0 spiro atoms. The Bertz CT molecular complexity index is 3910. The van der Waals surface area contributed by atoms with Gasteiger partial charge >= 0.3 is 0 Å². The van der Waals surface area contributed by atoms with E-state index in [1.807, 2.05) is 109 Å². The van der Waals surface area contributed by atoms with Crippen molar-refractivity contribution < 1.29 is 33.1 Å². The Morgan fingerprint density at radius 2 is 0.939 bits per heavy atom. The molecule has 4 aromatic heterocycles. The first-order valence-corrected chi connectivity index (χ1v) is 33.2. The number of imide groups is 2. The van der Waals surface area contributed by atoms with Crippen molar-refractivity contribution in [3.63, 3.8) is 0 Å². The van der Waals surface area contributed by atoms with Gasteiger partial charge in [-0.05, 0) is 60.5 Å². The number of H-pyrrole nitrogens is 3. The Morgan fingerprint density at radius 1 is 0.524 bits per heavy atom. The molecule has 0 saturated carbocycles. The van der Waals surface area contributed by atoms with Crippen molar-refractivity contribution in [3.8, 4) is 0 Å². The minimum Gasteiger partial charge on any atom is -0.410 e. The number of benzene rings is 4. The average molecular weight is 1240 g/mol. The maximum atomic E-state index is 13.4. The Morgan fingerprint density at radius 3 is 1.43 bits per heavy atom. The van der Waals surface area contributed by atoms with E-state index in [0.29, 0.717) is 54.9 Å². The third-order valence-electron chi connectivity index (χ3n) is 16.5. The van der Waals surface area contributed by atoms with Gasteiger partial charge < -0.3 is 33.5 Å². The molecule has 12 rings (SSSR count). The van der Waals surface area contributed by atoms with E-state index in [4.69, 9.17) is 32.1 Å². The number of halogens is 2. The van der Waals surface area contributed by atoms with E-state index in [9.17, 15) is 24.3 Å². The third kappa shape index (κ3) is 12.0. The number of carbonyl (C=O) groups excluding carboxylic acids is 4. The van der Waals surface area contributed by atoms with Crippen molar-refractivity contribution in [1.82, 2.24) is 30.2 Å². The van der Waals surface area contributed by atoms with E-state index in [1.54, 1.807) is 12.4 Å². The van der Waals surface area contributed by atoms with Gasteiger partial charge in [-0.3, -0.25) is 29.8 Å². The Hall–Kier alpha value is -5.78. The number of para-hydroxylation sites is 4. The number of nitrogens with one attached hydrogen (secondary N) is 5. The zero-order valence-electron chi connectivity index (χ0n) is 47.5. The molecule has 0 radical (unpaired) electrons. The summed E-state index contributed by atoms with van der Waals surface area (Å²) in [6.45, 7) is 22.4. The number of hydrogen-bond acceptors (Lipinski definition) is 7. The molecule has 6 N–H and O–H groups in total. The lowest BCUT2D eigenvalue weighted by atomic mass is 9.95. The molecule has 2 aliphatic heterocycles. The van der Waals surface area contributed by atoms with Crippen LogP contribution in [0.3, 0.4) is 0 Å². The van der Waals surface area contributed by atoms with Crippen molar-refractivity contribution in [3.05, 3.63) is 166 Å². The quantitative estimate of drug-likeness (QED) is 0.0472. The number of aromatic amines is 3. The fraction of sp³-hybridized carbons (Fsp3) is 0.290. The molecule has 4 amide bonds. The summed E-state index contributed by atoms with van der Waals surface area (Å²) < 4.78 is 14.9. The molecule has 8 aromatic rings. The summed E-state index contributed by atoms with van der Waals surface area (Å²) in [4.78, 5) is 61.3. The molecule has 0 saturated heterocycles. The van der Waals surface area contributed by atoms with Gasteiger partial charge in [0, 0.05) is 85.6 Å². The number of allylic oxidation sites excluding steroid dienone is 1. The standard InChI is InChI=1S/C31H32ClN3O3Si.C20H12ClN3O2.C11H22O2Si.3H2S/c1-31(2,3)39(4,5)38-19-15-14-18(16-19)35-24-13-9-7-11-21(24)25(28(35)32)27-26(29(36)34-30(27)37)22-17-33-23-12-8-6-10-20(22)23;21-18-15(11-6-2-4-8-14(11)23-18)17-16(19(25)24-20(17)26)12-9-22-13-7-3-1-5-10(12)13;1-11(2,3)14(4,5)13-10-7-6-9(12)8-10;;;/h6-15,17-19,33H,16H2,1-5H3,(H,34,36,37);1-9,22-23H,(H,24,25,26);6-7,9-10,12H,8H2,1-5H3;3*1H2/t18-,19+;;9-,10-;;;/m0.1.../s1. The molecule has 13 nitrogen and oxygen atoms in total. The molecule has 20 heteroatoms. The lowest BCUT2D eigenvalue weighted by Gasteiger charge is -2.38. The fourth-order valence-corrected chi connectivity index (χ4v) is 13.7. The molecule has 0 bridgehead atoms. The van der Waals surface area contributed by atoms with Crippen molar-refractivity contribution in [2.24, 2.45) is 0 Å². The van der Waals surface area contributed by atoms with E-state index in [-0.39, 0.29) is 74.9 Å². The molecular weight excluding hydrogens is 1160 g/mol. The predicted molar refractivity (Wildman–Crippen MR) is 355 cm³/mol. The zero-order chi connectivity index (χ0) is 56.5. The van der Waals surface area contributed by atoms with E-state index in [1.165, 1.54) is 0 Å². The van der Waals surface area contributed by atoms with Gasteiger partial charge in [-0.25, -0.2) is 0 Å². The van der Waals surface area contributed by atoms with Crippen LogP contribution >= 0.6 is 63.7 Å². The van der Waals surface area contributed by atoms with Crippen LogP contribution in [-0.4, -0.2) is 83.2 Å². The summed E-state index contributed by atoms with van der Waals surface area (Å²) in [5.74, 6) is -1.72. The molecule has 4 aliphatic rings. The van der Waals surface area contributed by atoms with Crippen LogP contribution in [0, 0.1) is 0 Å². The monoisotopic (exact) mass is 1230 g/mol. The largest absolute Gasteiger partial charge is 0.410 e. The molecule has 4 atom stereocenters. The summed E-state index contributed by atoms with van der Waals surface area (Å²) in [5, 5.41) is 18.8. The lowest BCUT2D eigenvalue weighted by molar-refractivity contribution is -0.124. The first kappa shape index (κ1) is 63.8. The number of nitrogens with zero attached hydrogens (tertiary/aromatic N) is 1. The molecule has 2 aliphatic carbocycles. The van der Waals surface area contributed by atoms with Gasteiger partial charge in [0.2, 0.25) is 0 Å². The number of amides is 4. The number of aromatic nitrogens is 4. The van der Waals surface area contributed by atoms with Crippen LogP contribution in [0.25, 0.3) is 65.9 Å². The van der Waals surface area contributed by atoms with Gasteiger partial charge in [0.15, 0.2) is 16.6 Å². The van der Waals surface area contributed by atoms with Crippen molar-refractivity contribution in [2.75, 3.05) is 0 Å². The Kier molecular flexibility index (Phi) is 19.0. The van der Waals surface area contributed by atoms with Crippen molar-refractivity contribution >= 4 is 170 Å². The second-order valence-corrected chi connectivity index (χ2v) is 33.9. The van der Waals surface area contributed by atoms with Gasteiger partial charge in [-0.1, -0.05) is 162 Å². The van der Waals surface area contributed by atoms with Gasteiger partial charge in [-0.15, -0.1) is 0 Å². The molecule has 432 valence electrons. The van der Waals surface area contributed by atoms with Crippen molar-refractivity contribution in [2.45, 2.75) is 115 Å². The summed E-state index contributed by atoms with van der Waals surface area (Å²) in [6, 6.07) is 30.7. The van der Waals surface area contributed by atoms with E-state index < -0.39 is 40.3 Å². The first-order chi connectivity index (χ1) is 37.3. The number of hydrogen-bond donors (Lipinski definition) is 6. The average Bonchev–Trinajstić information content (AvgIpc) is 3.88. The zero-order valence-corrected chi connectivity index (χ0v) is 54.0. The highest BCUT2D eigenvalue weighted by atomic mass is 35.5. The second kappa shape index (κ2) is 24.4. The van der Waals surface area contributed by atoms with Crippen LogP contribution in [-0.2, 0) is 28.0 Å². The van der Waals surface area contributed by atoms with E-state index in [2.05, 4.69) is 110 Å². The minimum atomic E-state index is -1.96. The van der Waals surface area contributed by atoms with Crippen LogP contribution in [0.4, 0.5) is 0 Å². The topological polar surface area (TPSA) is 183 Å². The predicted octanol–water partition coefficient (Wildman–Crippen LogP) is 14.1. The number of carbonyl (C=O) groups is 4. The van der Waals surface area contributed by atoms with E-state index >= 15 is 0 Å².